The molecule has 0 fully saturated rings. The standard InChI is InChI=1S/C9H14N4O2/c1-2-3-10-9(15)6-11-7-4-8(14)13-12-5-7/h4-5H,2-3,6H2,1H3,(H,10,15)(H2,11,13,14). The molecule has 0 saturated carbocycles. The number of hydrogen-bond donors (Lipinski definition) is 3. The number of anilines is 1. The molecule has 0 unspecified atom stereocenters. The molecule has 1 heterocycles. The minimum Gasteiger partial charge on any atom is -0.375 e. The van der Waals surface area contributed by atoms with E-state index in [2.05, 4.69) is 20.8 Å². The number of rotatable bonds is 5. The largest absolute Gasteiger partial charge is 0.375 e. The summed E-state index contributed by atoms with van der Waals surface area (Å²) in [5, 5.41) is 11.3. The third-order valence-corrected chi connectivity index (χ3v) is 1.69. The molecule has 0 bridgehead atoms. The monoisotopic (exact) mass is 210 g/mol. The van der Waals surface area contributed by atoms with Gasteiger partial charge in [0.2, 0.25) is 5.91 Å². The highest BCUT2D eigenvalue weighted by atomic mass is 16.2. The molecule has 0 radical (unpaired) electrons. The Morgan fingerprint density at radius 1 is 1.60 bits per heavy atom. The Balaban J connectivity index is 2.37. The van der Waals surface area contributed by atoms with Crippen LogP contribution in [0.2, 0.25) is 0 Å². The van der Waals surface area contributed by atoms with Crippen molar-refractivity contribution in [2.75, 3.05) is 18.4 Å². The number of aromatic nitrogens is 2. The van der Waals surface area contributed by atoms with E-state index in [1.54, 1.807) is 0 Å². The van der Waals surface area contributed by atoms with E-state index < -0.39 is 0 Å². The van der Waals surface area contributed by atoms with E-state index in [9.17, 15) is 9.59 Å². The summed E-state index contributed by atoms with van der Waals surface area (Å²) in [7, 11) is 0. The zero-order valence-electron chi connectivity index (χ0n) is 8.54. The van der Waals surface area contributed by atoms with Crippen LogP contribution in [0.15, 0.2) is 17.1 Å². The Morgan fingerprint density at radius 3 is 3.07 bits per heavy atom. The maximum atomic E-state index is 11.2. The first-order chi connectivity index (χ1) is 7.22. The van der Waals surface area contributed by atoms with E-state index in [1.807, 2.05) is 6.92 Å². The van der Waals surface area contributed by atoms with Crippen LogP contribution in [0.25, 0.3) is 0 Å². The van der Waals surface area contributed by atoms with Crippen LogP contribution in [0.1, 0.15) is 13.3 Å². The molecule has 0 aromatic carbocycles. The molecule has 15 heavy (non-hydrogen) atoms. The summed E-state index contributed by atoms with van der Waals surface area (Å²) in [5.41, 5.74) is 0.236. The van der Waals surface area contributed by atoms with Gasteiger partial charge >= 0.3 is 0 Å². The van der Waals surface area contributed by atoms with Crippen molar-refractivity contribution in [3.8, 4) is 0 Å². The topological polar surface area (TPSA) is 86.9 Å². The molecule has 3 N–H and O–H groups in total. The highest BCUT2D eigenvalue weighted by Crippen LogP contribution is 1.96. The number of carbonyl (C=O) groups is 1. The van der Waals surface area contributed by atoms with E-state index in [0.717, 1.165) is 6.42 Å². The Bertz CT molecular complexity index is 374. The maximum Gasteiger partial charge on any atom is 0.266 e. The van der Waals surface area contributed by atoms with Crippen molar-refractivity contribution in [1.82, 2.24) is 15.5 Å². The molecule has 1 aromatic rings. The number of amides is 1. The van der Waals surface area contributed by atoms with Gasteiger partial charge < -0.3 is 10.6 Å². The van der Waals surface area contributed by atoms with Crippen molar-refractivity contribution in [2.45, 2.75) is 13.3 Å². The first-order valence-corrected chi connectivity index (χ1v) is 4.77. The predicted molar refractivity (Wildman–Crippen MR) is 56.6 cm³/mol. The molecule has 0 spiro atoms. The number of aromatic amines is 1. The van der Waals surface area contributed by atoms with Crippen molar-refractivity contribution in [2.24, 2.45) is 0 Å². The van der Waals surface area contributed by atoms with Crippen molar-refractivity contribution < 1.29 is 4.79 Å². The average molecular weight is 210 g/mol. The van der Waals surface area contributed by atoms with E-state index in [-0.39, 0.29) is 18.0 Å². The summed E-state index contributed by atoms with van der Waals surface area (Å²) in [5.74, 6) is -0.0999. The van der Waals surface area contributed by atoms with Gasteiger partial charge in [0, 0.05) is 12.6 Å². The van der Waals surface area contributed by atoms with Crippen molar-refractivity contribution in [1.29, 1.82) is 0 Å². The highest BCUT2D eigenvalue weighted by molar-refractivity contribution is 5.80. The van der Waals surface area contributed by atoms with E-state index >= 15 is 0 Å². The molecule has 1 rings (SSSR count). The smallest absolute Gasteiger partial charge is 0.266 e. The summed E-state index contributed by atoms with van der Waals surface area (Å²) in [6.07, 6.45) is 2.35. The maximum absolute atomic E-state index is 11.2. The predicted octanol–water partition coefficient (Wildman–Crippen LogP) is -0.292. The molecular weight excluding hydrogens is 196 g/mol. The number of H-pyrrole nitrogens is 1. The van der Waals surface area contributed by atoms with Gasteiger partial charge in [-0.2, -0.15) is 5.10 Å². The highest BCUT2D eigenvalue weighted by Gasteiger charge is 1.99. The third-order valence-electron chi connectivity index (χ3n) is 1.69. The van der Waals surface area contributed by atoms with Gasteiger partial charge in [-0.3, -0.25) is 9.59 Å². The van der Waals surface area contributed by atoms with Gasteiger partial charge in [-0.1, -0.05) is 6.92 Å². The molecule has 1 amide bonds. The summed E-state index contributed by atoms with van der Waals surface area (Å²) >= 11 is 0. The Labute approximate surface area is 87.1 Å². The Morgan fingerprint density at radius 2 is 2.40 bits per heavy atom. The summed E-state index contributed by atoms with van der Waals surface area (Å²) in [6.45, 7) is 2.79. The van der Waals surface area contributed by atoms with Gasteiger partial charge in [0.15, 0.2) is 0 Å². The van der Waals surface area contributed by atoms with Crippen molar-refractivity contribution >= 4 is 11.6 Å². The molecule has 6 nitrogen and oxygen atoms in total. The summed E-state index contributed by atoms with van der Waals surface area (Å²) in [6, 6.07) is 1.35. The average Bonchev–Trinajstić information content (AvgIpc) is 2.23. The van der Waals surface area contributed by atoms with Crippen LogP contribution < -0.4 is 16.2 Å². The second-order valence-corrected chi connectivity index (χ2v) is 3.04. The molecule has 0 aliphatic carbocycles. The van der Waals surface area contributed by atoms with Gasteiger partial charge in [0.1, 0.15) is 0 Å². The molecule has 0 saturated heterocycles. The lowest BCUT2D eigenvalue weighted by Crippen LogP contribution is -2.30. The molecule has 82 valence electrons. The van der Waals surface area contributed by atoms with E-state index in [4.69, 9.17) is 0 Å². The second kappa shape index (κ2) is 5.79. The second-order valence-electron chi connectivity index (χ2n) is 3.04. The summed E-state index contributed by atoms with van der Waals surface area (Å²) in [4.78, 5) is 22.0. The number of hydrogen-bond acceptors (Lipinski definition) is 4. The van der Waals surface area contributed by atoms with Crippen LogP contribution in [-0.4, -0.2) is 29.2 Å². The normalized spacial score (nSPS) is 9.67. The first kappa shape index (κ1) is 11.2. The van der Waals surface area contributed by atoms with Gasteiger partial charge in [-0.05, 0) is 6.42 Å². The van der Waals surface area contributed by atoms with Crippen molar-refractivity contribution in [3.05, 3.63) is 22.6 Å². The third kappa shape index (κ3) is 4.26. The first-order valence-electron chi connectivity index (χ1n) is 4.77. The van der Waals surface area contributed by atoms with E-state index in [1.165, 1.54) is 12.3 Å². The number of carbonyl (C=O) groups excluding carboxylic acids is 1. The molecular formula is C9H14N4O2. The van der Waals surface area contributed by atoms with Crippen molar-refractivity contribution in [3.63, 3.8) is 0 Å². The lowest BCUT2D eigenvalue weighted by molar-refractivity contribution is -0.119. The zero-order valence-corrected chi connectivity index (χ0v) is 8.54. The molecule has 1 aromatic heterocycles. The fourth-order valence-electron chi connectivity index (χ4n) is 0.982. The minimum absolute atomic E-state index is 0.0999. The van der Waals surface area contributed by atoms with Crippen LogP contribution in [0.3, 0.4) is 0 Å². The van der Waals surface area contributed by atoms with Gasteiger partial charge in [0.05, 0.1) is 18.4 Å². The minimum atomic E-state index is -0.297. The molecule has 0 aliphatic heterocycles. The quantitative estimate of drug-likeness (QED) is 0.623. The lowest BCUT2D eigenvalue weighted by Gasteiger charge is -2.05. The van der Waals surface area contributed by atoms with Crippen LogP contribution in [-0.2, 0) is 4.79 Å². The Hall–Kier alpha value is -1.85. The fourth-order valence-corrected chi connectivity index (χ4v) is 0.982. The lowest BCUT2D eigenvalue weighted by atomic mass is 10.4. The van der Waals surface area contributed by atoms with E-state index in [0.29, 0.717) is 12.2 Å². The number of nitrogens with zero attached hydrogens (tertiary/aromatic N) is 1. The molecule has 0 aliphatic rings. The summed E-state index contributed by atoms with van der Waals surface area (Å²) < 4.78 is 0. The van der Waals surface area contributed by atoms with Gasteiger partial charge in [-0.15, -0.1) is 0 Å². The SMILES string of the molecule is CCCNC(=O)CNc1cn[nH]c(=O)c1. The molecule has 0 atom stereocenters. The van der Waals surface area contributed by atoms with Gasteiger partial charge in [-0.25, -0.2) is 5.10 Å². The van der Waals surface area contributed by atoms with Crippen LogP contribution in [0.5, 0.6) is 0 Å². The Kier molecular flexibility index (Phi) is 4.33. The molecule has 6 heteroatoms. The zero-order chi connectivity index (χ0) is 11.1. The van der Waals surface area contributed by atoms with Crippen LogP contribution in [0, 0.1) is 0 Å². The van der Waals surface area contributed by atoms with Crippen LogP contribution in [0.4, 0.5) is 5.69 Å². The van der Waals surface area contributed by atoms with Crippen LogP contribution >= 0.6 is 0 Å². The fraction of sp³-hybridized carbons (Fsp3) is 0.444. The van der Waals surface area contributed by atoms with Gasteiger partial charge in [0.25, 0.3) is 5.56 Å². The number of nitrogens with one attached hydrogen (secondary N) is 3.